The first-order chi connectivity index (χ1) is 16.4. The Morgan fingerprint density at radius 3 is 2.17 bits per heavy atom. The Bertz CT molecular complexity index is 1230. The van der Waals surface area contributed by atoms with Gasteiger partial charge >= 0.3 is 12.4 Å². The van der Waals surface area contributed by atoms with Crippen molar-refractivity contribution in [3.8, 4) is 0 Å². The fraction of sp³-hybridized carbons (Fsp3) is 0.174. The molecule has 5 nitrogen and oxygen atoms in total. The minimum absolute atomic E-state index is 0.0250. The summed E-state index contributed by atoms with van der Waals surface area (Å²) in [6.45, 7) is 0.192. The SMILES string of the molecule is O=C(NNc1cc(C(F)(F)F)cc(C(F)(F)F)c1)C(c1ccccc1F)N1C=Cn2cccc2C1. The molecule has 2 N–H and O–H groups in total. The maximum absolute atomic E-state index is 14.6. The van der Waals surface area contributed by atoms with Gasteiger partial charge in [0.05, 0.1) is 23.4 Å². The number of carbonyl (C=O) groups is 1. The van der Waals surface area contributed by atoms with E-state index >= 15 is 0 Å². The molecule has 12 heteroatoms. The number of carbonyl (C=O) groups excluding carboxylic acids is 1. The van der Waals surface area contributed by atoms with Crippen molar-refractivity contribution < 1.29 is 35.5 Å². The maximum atomic E-state index is 14.6. The van der Waals surface area contributed by atoms with Gasteiger partial charge in [-0.25, -0.2) is 4.39 Å². The Morgan fingerprint density at radius 1 is 0.886 bits per heavy atom. The van der Waals surface area contributed by atoms with E-state index in [4.69, 9.17) is 0 Å². The molecule has 0 aliphatic carbocycles. The van der Waals surface area contributed by atoms with Crippen molar-refractivity contribution in [2.45, 2.75) is 24.9 Å². The first-order valence-corrected chi connectivity index (χ1v) is 10.1. The van der Waals surface area contributed by atoms with Crippen LogP contribution in [0.3, 0.4) is 0 Å². The van der Waals surface area contributed by atoms with E-state index in [9.17, 15) is 35.5 Å². The second-order valence-corrected chi connectivity index (χ2v) is 7.71. The minimum Gasteiger partial charge on any atom is -0.355 e. The van der Waals surface area contributed by atoms with Gasteiger partial charge in [-0.15, -0.1) is 0 Å². The van der Waals surface area contributed by atoms with Crippen LogP contribution >= 0.6 is 0 Å². The summed E-state index contributed by atoms with van der Waals surface area (Å²) in [6, 6.07) is 8.55. The number of amides is 1. The lowest BCUT2D eigenvalue weighted by molar-refractivity contribution is -0.143. The van der Waals surface area contributed by atoms with Gasteiger partial charge in [0, 0.05) is 29.9 Å². The van der Waals surface area contributed by atoms with E-state index in [0.29, 0.717) is 12.1 Å². The van der Waals surface area contributed by atoms with Gasteiger partial charge in [-0.3, -0.25) is 15.6 Å². The number of nitrogens with one attached hydrogen (secondary N) is 2. The first kappa shape index (κ1) is 24.2. The third-order valence-electron chi connectivity index (χ3n) is 5.33. The summed E-state index contributed by atoms with van der Waals surface area (Å²) >= 11 is 0. The van der Waals surface area contributed by atoms with Gasteiger partial charge < -0.3 is 9.47 Å². The number of anilines is 1. The number of nitrogens with zero attached hydrogens (tertiary/aromatic N) is 2. The molecule has 184 valence electrons. The summed E-state index contributed by atoms with van der Waals surface area (Å²) in [5.41, 5.74) is 1.25. The molecule has 1 atom stereocenters. The summed E-state index contributed by atoms with van der Waals surface area (Å²) in [7, 11) is 0. The molecule has 35 heavy (non-hydrogen) atoms. The van der Waals surface area contributed by atoms with E-state index in [-0.39, 0.29) is 18.2 Å². The molecule has 0 spiro atoms. The molecule has 1 aliphatic rings. The van der Waals surface area contributed by atoms with E-state index in [2.05, 4.69) is 10.9 Å². The Balaban J connectivity index is 1.62. The van der Waals surface area contributed by atoms with E-state index < -0.39 is 46.9 Å². The number of hydrogen-bond donors (Lipinski definition) is 2. The lowest BCUT2D eigenvalue weighted by Crippen LogP contribution is -2.41. The van der Waals surface area contributed by atoms with Crippen molar-refractivity contribution in [3.05, 3.63) is 95.2 Å². The Hall–Kier alpha value is -3.96. The van der Waals surface area contributed by atoms with Crippen LogP contribution in [0.1, 0.15) is 28.4 Å². The number of hydrazine groups is 1. The molecule has 0 saturated heterocycles. The minimum atomic E-state index is -5.05. The van der Waals surface area contributed by atoms with Crippen LogP contribution in [0.2, 0.25) is 0 Å². The van der Waals surface area contributed by atoms with Crippen LogP contribution in [-0.2, 0) is 23.7 Å². The van der Waals surface area contributed by atoms with Crippen molar-refractivity contribution in [1.29, 1.82) is 0 Å². The molecule has 1 amide bonds. The van der Waals surface area contributed by atoms with Crippen LogP contribution < -0.4 is 10.9 Å². The Kier molecular flexibility index (Phi) is 6.22. The topological polar surface area (TPSA) is 49.3 Å². The summed E-state index contributed by atoms with van der Waals surface area (Å²) < 4.78 is 95.2. The standard InChI is InChI=1S/C23H17F7N4O/c24-19-6-2-1-5-18(19)20(34-9-8-33-7-3-4-17(33)13-34)21(35)32-31-16-11-14(22(25,26)27)10-15(12-16)23(28,29)30/h1-12,20,31H,13H2,(H,32,35). The molecule has 0 radical (unpaired) electrons. The van der Waals surface area contributed by atoms with Crippen LogP contribution in [0.5, 0.6) is 0 Å². The normalized spacial score (nSPS) is 14.4. The zero-order valence-electron chi connectivity index (χ0n) is 17.7. The molecule has 0 bridgehead atoms. The fourth-order valence-corrected chi connectivity index (χ4v) is 3.68. The van der Waals surface area contributed by atoms with Gasteiger partial charge in [-0.05, 0) is 36.4 Å². The fourth-order valence-electron chi connectivity index (χ4n) is 3.68. The predicted molar refractivity (Wildman–Crippen MR) is 113 cm³/mol. The van der Waals surface area contributed by atoms with Gasteiger partial charge in [0.15, 0.2) is 0 Å². The number of aromatic nitrogens is 1. The molecule has 1 aliphatic heterocycles. The monoisotopic (exact) mass is 498 g/mol. The zero-order chi connectivity index (χ0) is 25.4. The summed E-state index contributed by atoms with van der Waals surface area (Å²) in [5, 5.41) is 0. The van der Waals surface area contributed by atoms with Crippen LogP contribution in [0, 0.1) is 5.82 Å². The lowest BCUT2D eigenvalue weighted by atomic mass is 10.0. The molecule has 0 saturated carbocycles. The number of benzene rings is 2. The Morgan fingerprint density at radius 2 is 1.54 bits per heavy atom. The first-order valence-electron chi connectivity index (χ1n) is 10.1. The average Bonchev–Trinajstić information content (AvgIpc) is 3.26. The number of alkyl halides is 6. The zero-order valence-corrected chi connectivity index (χ0v) is 17.7. The number of fused-ring (bicyclic) bond motifs is 1. The van der Waals surface area contributed by atoms with E-state index in [0.717, 1.165) is 11.8 Å². The van der Waals surface area contributed by atoms with Gasteiger partial charge in [0.25, 0.3) is 5.91 Å². The smallest absolute Gasteiger partial charge is 0.355 e. The Labute approximate surface area is 194 Å². The number of rotatable bonds is 5. The molecule has 1 aromatic heterocycles. The highest BCUT2D eigenvalue weighted by Gasteiger charge is 2.37. The molecule has 2 heterocycles. The molecule has 0 fully saturated rings. The molecule has 3 aromatic rings. The van der Waals surface area contributed by atoms with E-state index in [1.165, 1.54) is 29.3 Å². The third kappa shape index (κ3) is 5.26. The predicted octanol–water partition coefficient (Wildman–Crippen LogP) is 5.79. The second kappa shape index (κ2) is 9.01. The highest BCUT2D eigenvalue weighted by atomic mass is 19.4. The number of hydrogen-bond acceptors (Lipinski definition) is 3. The van der Waals surface area contributed by atoms with Crippen LogP contribution in [0.15, 0.2) is 67.0 Å². The van der Waals surface area contributed by atoms with Crippen LogP contribution in [0.25, 0.3) is 6.20 Å². The van der Waals surface area contributed by atoms with Crippen molar-refractivity contribution in [2.75, 3.05) is 5.43 Å². The van der Waals surface area contributed by atoms with Crippen molar-refractivity contribution >= 4 is 17.8 Å². The second-order valence-electron chi connectivity index (χ2n) is 7.71. The van der Waals surface area contributed by atoms with Gasteiger partial charge in [0.2, 0.25) is 0 Å². The summed E-state index contributed by atoms with van der Waals surface area (Å²) in [6.07, 6.45) is -5.16. The maximum Gasteiger partial charge on any atom is 0.416 e. The van der Waals surface area contributed by atoms with Crippen LogP contribution in [-0.4, -0.2) is 15.4 Å². The molecular formula is C23H17F7N4O. The van der Waals surface area contributed by atoms with Gasteiger partial charge in [-0.1, -0.05) is 18.2 Å². The summed E-state index contributed by atoms with van der Waals surface area (Å²) in [4.78, 5) is 14.6. The number of halogens is 7. The highest BCUT2D eigenvalue weighted by molar-refractivity contribution is 5.84. The van der Waals surface area contributed by atoms with Gasteiger partial charge in [0.1, 0.15) is 11.9 Å². The largest absolute Gasteiger partial charge is 0.416 e. The molecule has 1 unspecified atom stereocenters. The van der Waals surface area contributed by atoms with E-state index in [1.807, 2.05) is 0 Å². The van der Waals surface area contributed by atoms with Crippen molar-refractivity contribution in [2.24, 2.45) is 0 Å². The van der Waals surface area contributed by atoms with Crippen molar-refractivity contribution in [1.82, 2.24) is 14.9 Å². The summed E-state index contributed by atoms with van der Waals surface area (Å²) in [5.74, 6) is -1.61. The molecule has 2 aromatic carbocycles. The van der Waals surface area contributed by atoms with Crippen molar-refractivity contribution in [3.63, 3.8) is 0 Å². The molecule has 4 rings (SSSR count). The third-order valence-corrected chi connectivity index (χ3v) is 5.33. The van der Waals surface area contributed by atoms with E-state index in [1.54, 1.807) is 29.1 Å². The lowest BCUT2D eigenvalue weighted by Gasteiger charge is -2.32. The van der Waals surface area contributed by atoms with Crippen LogP contribution in [0.4, 0.5) is 36.4 Å². The molecular weight excluding hydrogens is 481 g/mol. The average molecular weight is 498 g/mol. The van der Waals surface area contributed by atoms with Gasteiger partial charge in [-0.2, -0.15) is 26.3 Å². The quantitative estimate of drug-likeness (QED) is 0.346. The highest BCUT2D eigenvalue weighted by Crippen LogP contribution is 2.37.